The van der Waals surface area contributed by atoms with Crippen LogP contribution in [-0.2, 0) is 9.53 Å². The molecule has 2 heterocycles. The van der Waals surface area contributed by atoms with Gasteiger partial charge in [-0.15, -0.1) is 0 Å². The van der Waals surface area contributed by atoms with Crippen LogP contribution in [0.2, 0.25) is 0 Å². The van der Waals surface area contributed by atoms with E-state index in [0.717, 1.165) is 12.8 Å². The largest absolute Gasteiger partial charge is 0.481 e. The molecule has 0 spiro atoms. The molecule has 19 heavy (non-hydrogen) atoms. The molecule has 6 nitrogen and oxygen atoms in total. The number of hydrogen-bond donors (Lipinski definition) is 1. The molecule has 1 aromatic rings. The van der Waals surface area contributed by atoms with E-state index in [1.807, 2.05) is 0 Å². The van der Waals surface area contributed by atoms with Crippen molar-refractivity contribution in [1.82, 2.24) is 4.90 Å². The van der Waals surface area contributed by atoms with E-state index in [-0.39, 0.29) is 25.0 Å². The number of rotatable bonds is 6. The summed E-state index contributed by atoms with van der Waals surface area (Å²) in [6.07, 6.45) is 4.61. The molecule has 6 heteroatoms. The van der Waals surface area contributed by atoms with Gasteiger partial charge in [-0.2, -0.15) is 0 Å². The van der Waals surface area contributed by atoms with Gasteiger partial charge in [0.05, 0.1) is 24.4 Å². The maximum Gasteiger partial charge on any atom is 0.305 e. The van der Waals surface area contributed by atoms with Gasteiger partial charge in [0.25, 0.3) is 5.91 Å². The van der Waals surface area contributed by atoms with E-state index in [1.54, 1.807) is 6.07 Å². The zero-order valence-electron chi connectivity index (χ0n) is 10.6. The fraction of sp³-hybridized carbons (Fsp3) is 0.538. The van der Waals surface area contributed by atoms with Gasteiger partial charge in [0.2, 0.25) is 0 Å². The normalized spacial score (nSPS) is 18.4. The van der Waals surface area contributed by atoms with Crippen LogP contribution in [0, 0.1) is 0 Å². The lowest BCUT2D eigenvalue weighted by Gasteiger charge is -2.24. The quantitative estimate of drug-likeness (QED) is 0.842. The van der Waals surface area contributed by atoms with E-state index in [0.29, 0.717) is 18.7 Å². The van der Waals surface area contributed by atoms with Crippen molar-refractivity contribution < 1.29 is 23.8 Å². The number of hydrogen-bond acceptors (Lipinski definition) is 4. The predicted octanol–water partition coefficient (Wildman–Crippen LogP) is 1.38. The Hall–Kier alpha value is -1.82. The molecule has 1 aliphatic heterocycles. The Balaban J connectivity index is 1.99. The van der Waals surface area contributed by atoms with Crippen molar-refractivity contribution in [2.45, 2.75) is 25.4 Å². The van der Waals surface area contributed by atoms with Crippen LogP contribution >= 0.6 is 0 Å². The first-order valence-corrected chi connectivity index (χ1v) is 6.31. The fourth-order valence-corrected chi connectivity index (χ4v) is 2.11. The molecule has 1 saturated heterocycles. The molecule has 1 amide bonds. The van der Waals surface area contributed by atoms with Gasteiger partial charge in [-0.3, -0.25) is 9.59 Å². The Morgan fingerprint density at radius 3 is 2.89 bits per heavy atom. The van der Waals surface area contributed by atoms with Crippen LogP contribution in [-0.4, -0.2) is 47.7 Å². The Bertz CT molecular complexity index is 422. The second kappa shape index (κ2) is 6.38. The van der Waals surface area contributed by atoms with Crippen LogP contribution in [0.1, 0.15) is 29.6 Å². The summed E-state index contributed by atoms with van der Waals surface area (Å²) in [6, 6.07) is 1.58. The molecule has 1 unspecified atom stereocenters. The molecular formula is C13H17NO5. The van der Waals surface area contributed by atoms with Crippen LogP contribution in [0.25, 0.3) is 0 Å². The molecule has 1 N–H and O–H groups in total. The van der Waals surface area contributed by atoms with Gasteiger partial charge in [0, 0.05) is 19.7 Å². The van der Waals surface area contributed by atoms with Gasteiger partial charge < -0.3 is 19.2 Å². The molecule has 0 aromatic carbocycles. The zero-order valence-corrected chi connectivity index (χ0v) is 10.6. The average Bonchev–Trinajstić information content (AvgIpc) is 3.06. The first-order chi connectivity index (χ1) is 9.16. The van der Waals surface area contributed by atoms with Crippen LogP contribution in [0.3, 0.4) is 0 Å². The summed E-state index contributed by atoms with van der Waals surface area (Å²) in [5.74, 6) is -1.14. The lowest BCUT2D eigenvalue weighted by molar-refractivity contribution is -0.137. The monoisotopic (exact) mass is 267 g/mol. The van der Waals surface area contributed by atoms with Crippen molar-refractivity contribution in [3.8, 4) is 0 Å². The van der Waals surface area contributed by atoms with E-state index in [9.17, 15) is 9.59 Å². The van der Waals surface area contributed by atoms with Gasteiger partial charge >= 0.3 is 5.97 Å². The van der Waals surface area contributed by atoms with Gasteiger partial charge in [-0.1, -0.05) is 0 Å². The SMILES string of the molecule is O=C(O)CCN(CC1CCCO1)C(=O)c1ccoc1. The molecule has 1 fully saturated rings. The minimum Gasteiger partial charge on any atom is -0.481 e. The lowest BCUT2D eigenvalue weighted by Crippen LogP contribution is -2.38. The molecule has 1 atom stereocenters. The lowest BCUT2D eigenvalue weighted by atomic mass is 10.2. The summed E-state index contributed by atoms with van der Waals surface area (Å²) < 4.78 is 10.4. The molecule has 104 valence electrons. The third-order valence-electron chi connectivity index (χ3n) is 3.10. The Morgan fingerprint density at radius 2 is 2.32 bits per heavy atom. The second-order valence-corrected chi connectivity index (χ2v) is 4.54. The highest BCUT2D eigenvalue weighted by molar-refractivity contribution is 5.94. The number of nitrogens with zero attached hydrogens (tertiary/aromatic N) is 1. The Labute approximate surface area is 110 Å². The summed E-state index contributed by atoms with van der Waals surface area (Å²) in [4.78, 5) is 24.4. The molecule has 0 radical (unpaired) electrons. The number of ether oxygens (including phenoxy) is 1. The van der Waals surface area contributed by atoms with E-state index < -0.39 is 5.97 Å². The number of aliphatic carboxylic acids is 1. The minimum absolute atomic E-state index is 0.00430. The molecule has 0 bridgehead atoms. The van der Waals surface area contributed by atoms with Crippen molar-refractivity contribution in [3.05, 3.63) is 24.2 Å². The predicted molar refractivity (Wildman–Crippen MR) is 65.8 cm³/mol. The summed E-state index contributed by atoms with van der Waals surface area (Å²) in [7, 11) is 0. The number of carboxylic acid groups (broad SMARTS) is 1. The van der Waals surface area contributed by atoms with Gasteiger partial charge in [-0.05, 0) is 18.9 Å². The molecule has 0 saturated carbocycles. The van der Waals surface area contributed by atoms with Crippen LogP contribution < -0.4 is 0 Å². The summed E-state index contributed by atoms with van der Waals surface area (Å²) >= 11 is 0. The third-order valence-corrected chi connectivity index (χ3v) is 3.10. The van der Waals surface area contributed by atoms with Gasteiger partial charge in [0.1, 0.15) is 6.26 Å². The molecular weight excluding hydrogens is 250 g/mol. The topological polar surface area (TPSA) is 80.0 Å². The summed E-state index contributed by atoms with van der Waals surface area (Å²) in [5.41, 5.74) is 0.434. The van der Waals surface area contributed by atoms with Crippen LogP contribution in [0.15, 0.2) is 23.0 Å². The summed E-state index contributed by atoms with van der Waals surface area (Å²) in [6.45, 7) is 1.31. The number of carboxylic acids is 1. The number of carbonyl (C=O) groups is 2. The van der Waals surface area contributed by atoms with Gasteiger partial charge in [-0.25, -0.2) is 0 Å². The highest BCUT2D eigenvalue weighted by Gasteiger charge is 2.24. The maximum absolute atomic E-state index is 12.2. The molecule has 0 aliphatic carbocycles. The highest BCUT2D eigenvalue weighted by Crippen LogP contribution is 2.15. The number of furan rings is 1. The van der Waals surface area contributed by atoms with Crippen molar-refractivity contribution in [3.63, 3.8) is 0 Å². The first kappa shape index (κ1) is 13.6. The van der Waals surface area contributed by atoms with E-state index in [4.69, 9.17) is 14.3 Å². The van der Waals surface area contributed by atoms with E-state index in [1.165, 1.54) is 17.4 Å². The zero-order chi connectivity index (χ0) is 13.7. The average molecular weight is 267 g/mol. The van der Waals surface area contributed by atoms with Crippen molar-refractivity contribution in [2.24, 2.45) is 0 Å². The first-order valence-electron chi connectivity index (χ1n) is 6.31. The molecule has 1 aromatic heterocycles. The van der Waals surface area contributed by atoms with Gasteiger partial charge in [0.15, 0.2) is 0 Å². The Morgan fingerprint density at radius 1 is 1.47 bits per heavy atom. The third kappa shape index (κ3) is 3.82. The van der Waals surface area contributed by atoms with E-state index >= 15 is 0 Å². The number of amides is 1. The van der Waals surface area contributed by atoms with Crippen LogP contribution in [0.4, 0.5) is 0 Å². The van der Waals surface area contributed by atoms with Crippen molar-refractivity contribution in [2.75, 3.05) is 19.7 Å². The van der Waals surface area contributed by atoms with Crippen LogP contribution in [0.5, 0.6) is 0 Å². The summed E-state index contributed by atoms with van der Waals surface area (Å²) in [5, 5.41) is 8.75. The molecule has 1 aliphatic rings. The minimum atomic E-state index is -0.919. The standard InChI is InChI=1S/C13H17NO5/c15-12(16)3-5-14(8-11-2-1-6-19-11)13(17)10-4-7-18-9-10/h4,7,9,11H,1-3,5-6,8H2,(H,15,16). The number of carbonyl (C=O) groups excluding carboxylic acids is 1. The fourth-order valence-electron chi connectivity index (χ4n) is 2.11. The van der Waals surface area contributed by atoms with Crippen molar-refractivity contribution >= 4 is 11.9 Å². The van der Waals surface area contributed by atoms with E-state index in [2.05, 4.69) is 0 Å². The smallest absolute Gasteiger partial charge is 0.305 e. The highest BCUT2D eigenvalue weighted by atomic mass is 16.5. The second-order valence-electron chi connectivity index (χ2n) is 4.54. The maximum atomic E-state index is 12.2. The Kier molecular flexibility index (Phi) is 4.57. The molecule has 2 rings (SSSR count). The van der Waals surface area contributed by atoms with Crippen molar-refractivity contribution in [1.29, 1.82) is 0 Å².